The van der Waals surface area contributed by atoms with Gasteiger partial charge in [-0.05, 0) is 37.5 Å². The topological polar surface area (TPSA) is 20.2 Å². The number of rotatable bonds is 2. The zero-order valence-electron chi connectivity index (χ0n) is 7.47. The maximum absolute atomic E-state index is 12.6. The van der Waals surface area contributed by atoms with Crippen LogP contribution in [0.25, 0.3) is 0 Å². The van der Waals surface area contributed by atoms with Crippen LogP contribution < -0.4 is 0 Å². The highest BCUT2D eigenvalue weighted by Gasteiger charge is 2.64. The summed E-state index contributed by atoms with van der Waals surface area (Å²) in [6.45, 7) is 0. The van der Waals surface area contributed by atoms with Gasteiger partial charge >= 0.3 is 0 Å². The molecule has 0 aliphatic heterocycles. The largest absolute Gasteiger partial charge is 0.390 e. The molecule has 0 aromatic carbocycles. The van der Waals surface area contributed by atoms with Crippen LogP contribution in [0.15, 0.2) is 0 Å². The first-order chi connectivity index (χ1) is 6.01. The fraction of sp³-hybridized carbons (Fsp3) is 1.00. The second kappa shape index (κ2) is 2.08. The van der Waals surface area contributed by atoms with Gasteiger partial charge in [-0.2, -0.15) is 0 Å². The Bertz CT molecular complexity index is 253. The molecule has 0 spiro atoms. The smallest absolute Gasteiger partial charge is 0.251 e. The van der Waals surface area contributed by atoms with Crippen LogP contribution in [0.1, 0.15) is 32.1 Å². The van der Waals surface area contributed by atoms with Crippen LogP contribution in [-0.4, -0.2) is 16.6 Å². The molecule has 0 aromatic rings. The first kappa shape index (κ1) is 8.16. The number of aliphatic hydroxyl groups is 1. The molecule has 0 radical (unpaired) electrons. The minimum atomic E-state index is -2.46. The lowest BCUT2D eigenvalue weighted by Gasteiger charge is -2.24. The summed E-state index contributed by atoms with van der Waals surface area (Å²) in [5.41, 5.74) is -0.713. The van der Waals surface area contributed by atoms with Gasteiger partial charge in [-0.15, -0.1) is 0 Å². The number of fused-ring (bicyclic) bond motifs is 1. The average molecular weight is 188 g/mol. The van der Waals surface area contributed by atoms with E-state index in [4.69, 9.17) is 0 Å². The predicted molar refractivity (Wildman–Crippen MR) is 43.5 cm³/mol. The first-order valence-electron chi connectivity index (χ1n) is 5.11. The summed E-state index contributed by atoms with van der Waals surface area (Å²) in [4.78, 5) is 0. The Morgan fingerprint density at radius 2 is 2.08 bits per heavy atom. The Kier molecular flexibility index (Phi) is 1.30. The standard InChI is InChI=1S/C10H14F2O/c11-10(12)5-7(10)4-9(13)2-1-6-3-8(6)9/h6-8,13H,1-5H2. The normalized spacial score (nSPS) is 56.1. The molecule has 3 fully saturated rings. The molecule has 1 nitrogen and oxygen atoms in total. The van der Waals surface area contributed by atoms with E-state index in [9.17, 15) is 13.9 Å². The van der Waals surface area contributed by atoms with Crippen molar-refractivity contribution >= 4 is 0 Å². The van der Waals surface area contributed by atoms with Crippen LogP contribution in [0.5, 0.6) is 0 Å². The van der Waals surface area contributed by atoms with Crippen molar-refractivity contribution in [2.45, 2.75) is 43.6 Å². The van der Waals surface area contributed by atoms with Crippen LogP contribution in [0.4, 0.5) is 8.78 Å². The van der Waals surface area contributed by atoms with E-state index in [-0.39, 0.29) is 6.42 Å². The van der Waals surface area contributed by atoms with Crippen molar-refractivity contribution in [3.63, 3.8) is 0 Å². The molecule has 0 saturated heterocycles. The molecular formula is C10H14F2O. The highest BCUT2D eigenvalue weighted by Crippen LogP contribution is 2.63. The minimum Gasteiger partial charge on any atom is -0.390 e. The molecule has 3 saturated carbocycles. The van der Waals surface area contributed by atoms with Crippen LogP contribution in [0.2, 0.25) is 0 Å². The summed E-state index contributed by atoms with van der Waals surface area (Å²) < 4.78 is 25.3. The maximum Gasteiger partial charge on any atom is 0.251 e. The lowest BCUT2D eigenvalue weighted by Crippen LogP contribution is -2.30. The van der Waals surface area contributed by atoms with E-state index in [0.29, 0.717) is 18.3 Å². The molecule has 0 aromatic heterocycles. The molecule has 3 rings (SSSR count). The third kappa shape index (κ3) is 1.13. The Labute approximate surface area is 76.1 Å². The van der Waals surface area contributed by atoms with Crippen molar-refractivity contribution < 1.29 is 13.9 Å². The van der Waals surface area contributed by atoms with Crippen LogP contribution >= 0.6 is 0 Å². The zero-order chi connectivity index (χ0) is 9.27. The quantitative estimate of drug-likeness (QED) is 0.704. The molecule has 3 heteroatoms. The van der Waals surface area contributed by atoms with Gasteiger partial charge in [0.2, 0.25) is 0 Å². The van der Waals surface area contributed by atoms with Crippen molar-refractivity contribution in [2.24, 2.45) is 17.8 Å². The van der Waals surface area contributed by atoms with Gasteiger partial charge in [0.05, 0.1) is 5.60 Å². The van der Waals surface area contributed by atoms with E-state index in [2.05, 4.69) is 0 Å². The van der Waals surface area contributed by atoms with Gasteiger partial charge in [0.1, 0.15) is 0 Å². The van der Waals surface area contributed by atoms with Gasteiger partial charge in [-0.1, -0.05) is 0 Å². The summed E-state index contributed by atoms with van der Waals surface area (Å²) in [6, 6.07) is 0. The monoisotopic (exact) mass is 188 g/mol. The molecule has 3 aliphatic carbocycles. The molecule has 0 amide bonds. The van der Waals surface area contributed by atoms with Crippen molar-refractivity contribution in [1.82, 2.24) is 0 Å². The molecule has 1 N–H and O–H groups in total. The van der Waals surface area contributed by atoms with Crippen LogP contribution in [0, 0.1) is 17.8 Å². The summed E-state index contributed by atoms with van der Waals surface area (Å²) in [5, 5.41) is 10.1. The van der Waals surface area contributed by atoms with E-state index in [1.807, 2.05) is 0 Å². The van der Waals surface area contributed by atoms with Crippen molar-refractivity contribution in [3.8, 4) is 0 Å². The molecule has 4 unspecified atom stereocenters. The Morgan fingerprint density at radius 3 is 2.46 bits per heavy atom. The summed E-state index contributed by atoms with van der Waals surface area (Å²) >= 11 is 0. The van der Waals surface area contributed by atoms with Crippen molar-refractivity contribution in [2.75, 3.05) is 0 Å². The van der Waals surface area contributed by atoms with Crippen molar-refractivity contribution in [3.05, 3.63) is 0 Å². The van der Waals surface area contributed by atoms with Gasteiger partial charge in [-0.25, -0.2) is 8.78 Å². The fourth-order valence-corrected chi connectivity index (χ4v) is 3.02. The Balaban J connectivity index is 1.66. The number of hydrogen-bond donors (Lipinski definition) is 1. The van der Waals surface area contributed by atoms with Gasteiger partial charge in [0, 0.05) is 12.3 Å². The molecule has 4 atom stereocenters. The van der Waals surface area contributed by atoms with Gasteiger partial charge < -0.3 is 5.11 Å². The van der Waals surface area contributed by atoms with Gasteiger partial charge in [0.15, 0.2) is 0 Å². The fourth-order valence-electron chi connectivity index (χ4n) is 3.02. The summed E-state index contributed by atoms with van der Waals surface area (Å²) in [7, 11) is 0. The summed E-state index contributed by atoms with van der Waals surface area (Å²) in [5.74, 6) is -1.94. The highest BCUT2D eigenvalue weighted by molar-refractivity contribution is 5.11. The van der Waals surface area contributed by atoms with Gasteiger partial charge in [-0.3, -0.25) is 0 Å². The van der Waals surface area contributed by atoms with Crippen LogP contribution in [-0.2, 0) is 0 Å². The van der Waals surface area contributed by atoms with E-state index in [0.717, 1.165) is 19.3 Å². The number of halogens is 2. The van der Waals surface area contributed by atoms with Crippen molar-refractivity contribution in [1.29, 1.82) is 0 Å². The Hall–Kier alpha value is -0.180. The lowest BCUT2D eigenvalue weighted by molar-refractivity contribution is -0.00544. The maximum atomic E-state index is 12.6. The highest BCUT2D eigenvalue weighted by atomic mass is 19.3. The number of hydrogen-bond acceptors (Lipinski definition) is 1. The molecule has 13 heavy (non-hydrogen) atoms. The molecule has 74 valence electrons. The van der Waals surface area contributed by atoms with E-state index >= 15 is 0 Å². The predicted octanol–water partition coefficient (Wildman–Crippen LogP) is 2.19. The Morgan fingerprint density at radius 1 is 1.38 bits per heavy atom. The lowest BCUT2D eigenvalue weighted by atomic mass is 9.91. The van der Waals surface area contributed by atoms with E-state index in [1.54, 1.807) is 0 Å². The first-order valence-corrected chi connectivity index (χ1v) is 5.11. The van der Waals surface area contributed by atoms with E-state index in [1.165, 1.54) is 0 Å². The number of alkyl halides is 2. The zero-order valence-corrected chi connectivity index (χ0v) is 7.47. The molecule has 0 heterocycles. The second-order valence-electron chi connectivity index (χ2n) is 5.11. The third-order valence-corrected chi connectivity index (χ3v) is 4.12. The minimum absolute atomic E-state index is 0.00664. The van der Waals surface area contributed by atoms with E-state index < -0.39 is 17.4 Å². The third-order valence-electron chi connectivity index (χ3n) is 4.12. The molecule has 0 bridgehead atoms. The van der Waals surface area contributed by atoms with Gasteiger partial charge in [0.25, 0.3) is 5.92 Å². The second-order valence-corrected chi connectivity index (χ2v) is 5.11. The molecule has 3 aliphatic rings. The average Bonchev–Trinajstić information content (AvgIpc) is 2.85. The molecular weight excluding hydrogens is 174 g/mol. The summed E-state index contributed by atoms with van der Waals surface area (Å²) in [6.07, 6.45) is 3.25. The van der Waals surface area contributed by atoms with Crippen LogP contribution in [0.3, 0.4) is 0 Å². The SMILES string of the molecule is OC1(CC2CC2(F)F)CCC2CC21.